The van der Waals surface area contributed by atoms with Gasteiger partial charge in [-0.25, -0.2) is 0 Å². The quantitative estimate of drug-likeness (QED) is 0.657. The van der Waals surface area contributed by atoms with Crippen molar-refractivity contribution in [2.45, 2.75) is 20.3 Å². The fourth-order valence-electron chi connectivity index (χ4n) is 1.88. The third-order valence-electron chi connectivity index (χ3n) is 3.23. The molecule has 78 valence electrons. The Morgan fingerprint density at radius 2 is 2.00 bits per heavy atom. The van der Waals surface area contributed by atoms with E-state index in [9.17, 15) is 9.59 Å². The Morgan fingerprint density at radius 1 is 1.43 bits per heavy atom. The van der Waals surface area contributed by atoms with Crippen LogP contribution in [0.2, 0.25) is 0 Å². The van der Waals surface area contributed by atoms with Gasteiger partial charge in [0.15, 0.2) is 0 Å². The molecule has 1 rings (SSSR count). The lowest BCUT2D eigenvalue weighted by Crippen LogP contribution is -2.45. The second-order valence-corrected chi connectivity index (χ2v) is 3.93. The molecule has 0 bridgehead atoms. The van der Waals surface area contributed by atoms with Crippen molar-refractivity contribution < 1.29 is 19.8 Å². The summed E-state index contributed by atoms with van der Waals surface area (Å²) < 4.78 is 0. The average molecular weight is 198 g/mol. The lowest BCUT2D eigenvalue weighted by atomic mass is 9.64. The molecule has 0 heterocycles. The highest BCUT2D eigenvalue weighted by Gasteiger charge is 2.49. The van der Waals surface area contributed by atoms with Crippen molar-refractivity contribution in [3.63, 3.8) is 0 Å². The number of hydrogen-bond donors (Lipinski definition) is 2. The molecule has 4 heteroatoms. The Labute approximate surface area is 82.2 Å². The summed E-state index contributed by atoms with van der Waals surface area (Å²) in [7, 11) is 0. The molecule has 0 radical (unpaired) electrons. The van der Waals surface area contributed by atoms with E-state index in [0.717, 1.165) is 0 Å². The zero-order chi connectivity index (χ0) is 10.9. The van der Waals surface area contributed by atoms with E-state index >= 15 is 0 Å². The van der Waals surface area contributed by atoms with Crippen LogP contribution in [0, 0.1) is 17.3 Å². The minimum atomic E-state index is -1.19. The Kier molecular flexibility index (Phi) is 2.64. The summed E-state index contributed by atoms with van der Waals surface area (Å²) in [4.78, 5) is 22.0. The van der Waals surface area contributed by atoms with Gasteiger partial charge in [-0.15, -0.1) is 0 Å². The summed E-state index contributed by atoms with van der Waals surface area (Å²) in [5.41, 5.74) is -1.19. The highest BCUT2D eigenvalue weighted by Crippen LogP contribution is 2.42. The molecule has 0 aromatic carbocycles. The van der Waals surface area contributed by atoms with Crippen LogP contribution in [0.3, 0.4) is 0 Å². The first-order valence-corrected chi connectivity index (χ1v) is 4.53. The topological polar surface area (TPSA) is 74.6 Å². The normalized spacial score (nSPS) is 36.7. The first-order valence-electron chi connectivity index (χ1n) is 4.53. The predicted molar refractivity (Wildman–Crippen MR) is 49.8 cm³/mol. The van der Waals surface area contributed by atoms with Crippen molar-refractivity contribution in [2.75, 3.05) is 0 Å². The van der Waals surface area contributed by atoms with E-state index in [2.05, 4.69) is 0 Å². The number of aliphatic carboxylic acids is 2. The SMILES string of the molecule is C[C@H]1C=CC[C@@H](C(=O)O)[C@@]1(C)C(=O)O. The third-order valence-corrected chi connectivity index (χ3v) is 3.23. The van der Waals surface area contributed by atoms with Crippen LogP contribution in [0.5, 0.6) is 0 Å². The molecule has 0 unspecified atom stereocenters. The number of carboxylic acid groups (broad SMARTS) is 2. The molecule has 14 heavy (non-hydrogen) atoms. The van der Waals surface area contributed by atoms with Gasteiger partial charge in [-0.3, -0.25) is 9.59 Å². The summed E-state index contributed by atoms with van der Waals surface area (Å²) in [5, 5.41) is 18.0. The Morgan fingerprint density at radius 3 is 2.36 bits per heavy atom. The zero-order valence-electron chi connectivity index (χ0n) is 8.23. The van der Waals surface area contributed by atoms with Crippen LogP contribution in [0.25, 0.3) is 0 Å². The van der Waals surface area contributed by atoms with E-state index in [4.69, 9.17) is 10.2 Å². The maximum atomic E-state index is 11.1. The summed E-state index contributed by atoms with van der Waals surface area (Å²) in [6.07, 6.45) is 3.81. The van der Waals surface area contributed by atoms with Gasteiger partial charge >= 0.3 is 11.9 Å². The van der Waals surface area contributed by atoms with Crippen LogP contribution in [-0.2, 0) is 9.59 Å². The molecule has 0 aliphatic heterocycles. The summed E-state index contributed by atoms with van der Waals surface area (Å²) in [6.45, 7) is 3.24. The van der Waals surface area contributed by atoms with Crippen molar-refractivity contribution in [3.05, 3.63) is 12.2 Å². The maximum absolute atomic E-state index is 11.1. The fraction of sp³-hybridized carbons (Fsp3) is 0.600. The van der Waals surface area contributed by atoms with E-state index in [0.29, 0.717) is 6.42 Å². The molecule has 2 N–H and O–H groups in total. The van der Waals surface area contributed by atoms with Crippen LogP contribution in [0.4, 0.5) is 0 Å². The smallest absolute Gasteiger partial charge is 0.310 e. The van der Waals surface area contributed by atoms with Crippen molar-refractivity contribution in [1.82, 2.24) is 0 Å². The largest absolute Gasteiger partial charge is 0.481 e. The molecular weight excluding hydrogens is 184 g/mol. The Hall–Kier alpha value is -1.32. The van der Waals surface area contributed by atoms with Gasteiger partial charge < -0.3 is 10.2 Å². The number of rotatable bonds is 2. The molecule has 0 saturated carbocycles. The van der Waals surface area contributed by atoms with Gasteiger partial charge in [0.05, 0.1) is 11.3 Å². The number of carbonyl (C=O) groups is 2. The van der Waals surface area contributed by atoms with Gasteiger partial charge in [-0.05, 0) is 19.3 Å². The lowest BCUT2D eigenvalue weighted by Gasteiger charge is -2.37. The predicted octanol–water partition coefficient (Wildman–Crippen LogP) is 1.37. The summed E-state index contributed by atoms with van der Waals surface area (Å²) >= 11 is 0. The van der Waals surface area contributed by atoms with Gasteiger partial charge in [0.1, 0.15) is 0 Å². The minimum absolute atomic E-state index is 0.255. The van der Waals surface area contributed by atoms with Gasteiger partial charge in [-0.1, -0.05) is 19.1 Å². The van der Waals surface area contributed by atoms with Crippen LogP contribution < -0.4 is 0 Å². The number of allylic oxidation sites excluding steroid dienone is 2. The standard InChI is InChI=1S/C10H14O4/c1-6-4-3-5-7(8(11)12)10(6,2)9(13)14/h3-4,6-7H,5H2,1-2H3,(H,11,12)(H,13,14)/t6-,7-,10-/m0/s1. The highest BCUT2D eigenvalue weighted by atomic mass is 16.4. The van der Waals surface area contributed by atoms with Gasteiger partial charge in [0, 0.05) is 0 Å². The molecule has 1 aliphatic carbocycles. The summed E-state index contributed by atoms with van der Waals surface area (Å²) in [6, 6.07) is 0. The zero-order valence-corrected chi connectivity index (χ0v) is 8.23. The number of carboxylic acids is 2. The van der Waals surface area contributed by atoms with E-state index in [-0.39, 0.29) is 5.92 Å². The molecular formula is C10H14O4. The maximum Gasteiger partial charge on any atom is 0.310 e. The minimum Gasteiger partial charge on any atom is -0.481 e. The fourth-order valence-corrected chi connectivity index (χ4v) is 1.88. The first kappa shape index (κ1) is 10.8. The Balaban J connectivity index is 3.13. The van der Waals surface area contributed by atoms with E-state index in [1.807, 2.05) is 0 Å². The van der Waals surface area contributed by atoms with Gasteiger partial charge in [0.25, 0.3) is 0 Å². The molecule has 0 spiro atoms. The number of hydrogen-bond acceptors (Lipinski definition) is 2. The van der Waals surface area contributed by atoms with E-state index in [1.165, 1.54) is 6.92 Å². The molecule has 0 aromatic rings. The molecule has 1 aliphatic rings. The molecule has 0 aromatic heterocycles. The van der Waals surface area contributed by atoms with Gasteiger partial charge in [0.2, 0.25) is 0 Å². The van der Waals surface area contributed by atoms with Crippen molar-refractivity contribution in [3.8, 4) is 0 Å². The van der Waals surface area contributed by atoms with Crippen LogP contribution in [0.1, 0.15) is 20.3 Å². The highest BCUT2D eigenvalue weighted by molar-refractivity contribution is 5.84. The average Bonchev–Trinajstić information content (AvgIpc) is 2.08. The molecule has 0 amide bonds. The monoisotopic (exact) mass is 198 g/mol. The van der Waals surface area contributed by atoms with Gasteiger partial charge in [-0.2, -0.15) is 0 Å². The molecule has 4 nitrogen and oxygen atoms in total. The second kappa shape index (κ2) is 3.44. The van der Waals surface area contributed by atoms with Crippen LogP contribution in [-0.4, -0.2) is 22.2 Å². The molecule has 3 atom stereocenters. The van der Waals surface area contributed by atoms with Crippen molar-refractivity contribution >= 4 is 11.9 Å². The van der Waals surface area contributed by atoms with Crippen molar-refractivity contribution in [2.24, 2.45) is 17.3 Å². The third kappa shape index (κ3) is 1.41. The van der Waals surface area contributed by atoms with E-state index < -0.39 is 23.3 Å². The van der Waals surface area contributed by atoms with Crippen molar-refractivity contribution in [1.29, 1.82) is 0 Å². The van der Waals surface area contributed by atoms with Crippen LogP contribution >= 0.6 is 0 Å². The molecule has 0 fully saturated rings. The van der Waals surface area contributed by atoms with E-state index in [1.54, 1.807) is 19.1 Å². The second-order valence-electron chi connectivity index (χ2n) is 3.93. The first-order chi connectivity index (χ1) is 6.40. The van der Waals surface area contributed by atoms with Crippen LogP contribution in [0.15, 0.2) is 12.2 Å². The molecule has 0 saturated heterocycles. The Bertz CT molecular complexity index is 294. The summed E-state index contributed by atoms with van der Waals surface area (Å²) in [5.74, 6) is -3.16. The lowest BCUT2D eigenvalue weighted by molar-refractivity contribution is -0.164.